The molecule has 0 saturated heterocycles. The number of anilines is 1. The zero-order valence-corrected chi connectivity index (χ0v) is 11.2. The van der Waals surface area contributed by atoms with Gasteiger partial charge in [0, 0.05) is 29.4 Å². The number of aliphatic carboxylic acids is 1. The second kappa shape index (κ2) is 6.02. The maximum Gasteiger partial charge on any atom is 0.328 e. The molecule has 0 bridgehead atoms. The van der Waals surface area contributed by atoms with Gasteiger partial charge in [0.1, 0.15) is 11.5 Å². The van der Waals surface area contributed by atoms with Gasteiger partial charge in [-0.1, -0.05) is 6.07 Å². The Bertz CT molecular complexity index is 681. The van der Waals surface area contributed by atoms with Gasteiger partial charge in [0.15, 0.2) is 0 Å². The van der Waals surface area contributed by atoms with Crippen molar-refractivity contribution in [3.8, 4) is 0 Å². The van der Waals surface area contributed by atoms with E-state index in [4.69, 9.17) is 5.11 Å². The number of carbonyl (C=O) groups excluding carboxylic acids is 1. The van der Waals surface area contributed by atoms with Crippen molar-refractivity contribution >= 4 is 34.6 Å². The van der Waals surface area contributed by atoms with Crippen molar-refractivity contribution in [3.05, 3.63) is 41.5 Å². The lowest BCUT2D eigenvalue weighted by Crippen LogP contribution is -2.15. The number of nitrogens with one attached hydrogen (secondary N) is 1. The van der Waals surface area contributed by atoms with E-state index in [1.54, 1.807) is 19.1 Å². The van der Waals surface area contributed by atoms with Crippen molar-refractivity contribution in [1.29, 1.82) is 0 Å². The quantitative estimate of drug-likeness (QED) is 0.828. The van der Waals surface area contributed by atoms with Crippen molar-refractivity contribution in [2.75, 3.05) is 5.32 Å². The zero-order valence-electron chi connectivity index (χ0n) is 10.4. The Labute approximate surface area is 118 Å². The number of aromatic nitrogens is 3. The first kappa shape index (κ1) is 13.8. The first-order valence-corrected chi connectivity index (χ1v) is 6.31. The Morgan fingerprint density at radius 1 is 1.45 bits per heavy atom. The number of carboxylic acid groups (broad SMARTS) is 1. The molecule has 0 aliphatic heterocycles. The van der Waals surface area contributed by atoms with Crippen molar-refractivity contribution < 1.29 is 14.7 Å². The molecule has 2 aromatic rings. The van der Waals surface area contributed by atoms with Crippen LogP contribution < -0.4 is 5.32 Å². The summed E-state index contributed by atoms with van der Waals surface area (Å²) in [6, 6.07) is 3.22. The highest BCUT2D eigenvalue weighted by molar-refractivity contribution is 7.09. The number of carboxylic acids is 1. The van der Waals surface area contributed by atoms with E-state index in [-0.39, 0.29) is 5.69 Å². The predicted octanol–water partition coefficient (Wildman–Crippen LogP) is 1.59. The summed E-state index contributed by atoms with van der Waals surface area (Å²) in [6.07, 6.45) is 3.72. The van der Waals surface area contributed by atoms with Gasteiger partial charge in [0.2, 0.25) is 5.13 Å². The molecule has 0 spiro atoms. The van der Waals surface area contributed by atoms with Crippen LogP contribution in [-0.2, 0) is 4.79 Å². The van der Waals surface area contributed by atoms with Crippen LogP contribution in [0.1, 0.15) is 21.9 Å². The largest absolute Gasteiger partial charge is 0.478 e. The highest BCUT2D eigenvalue weighted by atomic mass is 32.1. The average Bonchev–Trinajstić information content (AvgIpc) is 2.82. The average molecular weight is 290 g/mol. The number of nitrogens with zero attached hydrogens (tertiary/aromatic N) is 3. The van der Waals surface area contributed by atoms with E-state index in [1.807, 2.05) is 0 Å². The highest BCUT2D eigenvalue weighted by Crippen LogP contribution is 2.14. The summed E-state index contributed by atoms with van der Waals surface area (Å²) in [5.74, 6) is -0.996. The minimum atomic E-state index is -1.10. The van der Waals surface area contributed by atoms with Gasteiger partial charge in [-0.05, 0) is 19.1 Å². The molecule has 2 aromatic heterocycles. The number of pyridine rings is 1. The third kappa shape index (κ3) is 3.45. The second-order valence-electron chi connectivity index (χ2n) is 3.71. The normalized spacial score (nSPS) is 10.7. The lowest BCUT2D eigenvalue weighted by molar-refractivity contribution is -0.131. The van der Waals surface area contributed by atoms with E-state index in [1.165, 1.54) is 12.3 Å². The van der Waals surface area contributed by atoms with Crippen molar-refractivity contribution in [1.82, 2.24) is 14.3 Å². The maximum absolute atomic E-state index is 12.1. The van der Waals surface area contributed by atoms with Gasteiger partial charge in [0.25, 0.3) is 5.91 Å². The van der Waals surface area contributed by atoms with Gasteiger partial charge < -0.3 is 5.11 Å². The molecular weight excluding hydrogens is 280 g/mol. The summed E-state index contributed by atoms with van der Waals surface area (Å²) in [4.78, 5) is 30.6. The van der Waals surface area contributed by atoms with Gasteiger partial charge in [-0.25, -0.2) is 9.78 Å². The van der Waals surface area contributed by atoms with Crippen LogP contribution in [0.5, 0.6) is 0 Å². The topological polar surface area (TPSA) is 105 Å². The molecule has 8 heteroatoms. The standard InChI is InChI=1S/C12H10N4O3S/c1-7-14-12(20-16-7)15-11(19)10-8(3-2-6-13-10)4-5-9(17)18/h2-6H,1H3,(H,17,18)(H,14,15,16,19)/b5-4+. The smallest absolute Gasteiger partial charge is 0.328 e. The molecule has 0 aromatic carbocycles. The molecule has 20 heavy (non-hydrogen) atoms. The van der Waals surface area contributed by atoms with Gasteiger partial charge in [-0.2, -0.15) is 4.37 Å². The molecule has 2 N–H and O–H groups in total. The summed E-state index contributed by atoms with van der Waals surface area (Å²) in [6.45, 7) is 1.72. The molecule has 0 saturated carbocycles. The van der Waals surface area contributed by atoms with Gasteiger partial charge in [0.05, 0.1) is 0 Å². The van der Waals surface area contributed by atoms with Crippen LogP contribution >= 0.6 is 11.5 Å². The number of hydrogen-bond donors (Lipinski definition) is 2. The van der Waals surface area contributed by atoms with Gasteiger partial charge in [-0.3, -0.25) is 15.1 Å². The molecule has 0 atom stereocenters. The fourth-order valence-corrected chi connectivity index (χ4v) is 1.98. The molecule has 102 valence electrons. The predicted molar refractivity (Wildman–Crippen MR) is 73.5 cm³/mol. The molecule has 2 heterocycles. The fraction of sp³-hybridized carbons (Fsp3) is 0.0833. The van der Waals surface area contributed by atoms with Crippen LogP contribution in [0.3, 0.4) is 0 Å². The van der Waals surface area contributed by atoms with Crippen molar-refractivity contribution in [3.63, 3.8) is 0 Å². The molecule has 2 rings (SSSR count). The third-order valence-electron chi connectivity index (χ3n) is 2.21. The monoisotopic (exact) mass is 290 g/mol. The van der Waals surface area contributed by atoms with E-state index in [0.29, 0.717) is 16.5 Å². The number of carbonyl (C=O) groups is 2. The van der Waals surface area contributed by atoms with Crippen LogP contribution in [0.25, 0.3) is 6.08 Å². The zero-order chi connectivity index (χ0) is 14.5. The van der Waals surface area contributed by atoms with Crippen LogP contribution in [0.4, 0.5) is 5.13 Å². The number of hydrogen-bond acceptors (Lipinski definition) is 6. The molecule has 0 unspecified atom stereocenters. The Morgan fingerprint density at radius 3 is 2.90 bits per heavy atom. The molecule has 7 nitrogen and oxygen atoms in total. The minimum absolute atomic E-state index is 0.123. The van der Waals surface area contributed by atoms with E-state index in [9.17, 15) is 9.59 Å². The van der Waals surface area contributed by atoms with Crippen LogP contribution in [0.2, 0.25) is 0 Å². The van der Waals surface area contributed by atoms with E-state index in [2.05, 4.69) is 19.7 Å². The summed E-state index contributed by atoms with van der Waals surface area (Å²) in [5.41, 5.74) is 0.534. The maximum atomic E-state index is 12.1. The molecular formula is C12H10N4O3S. The Balaban J connectivity index is 2.23. The lowest BCUT2D eigenvalue weighted by atomic mass is 10.1. The second-order valence-corrected chi connectivity index (χ2v) is 4.47. The Hall–Kier alpha value is -2.61. The van der Waals surface area contributed by atoms with Crippen molar-refractivity contribution in [2.24, 2.45) is 0 Å². The molecule has 0 aliphatic carbocycles. The molecule has 0 fully saturated rings. The SMILES string of the molecule is Cc1nsc(NC(=O)c2ncccc2/C=C/C(=O)O)n1. The first-order chi connectivity index (χ1) is 9.56. The number of rotatable bonds is 4. The Morgan fingerprint density at radius 2 is 2.25 bits per heavy atom. The third-order valence-corrected chi connectivity index (χ3v) is 2.93. The molecule has 0 radical (unpaired) electrons. The summed E-state index contributed by atoms with van der Waals surface area (Å²) in [7, 11) is 0. The Kier molecular flexibility index (Phi) is 4.16. The lowest BCUT2D eigenvalue weighted by Gasteiger charge is -2.03. The first-order valence-electron chi connectivity index (χ1n) is 5.54. The highest BCUT2D eigenvalue weighted by Gasteiger charge is 2.13. The molecule has 1 amide bonds. The number of aryl methyl sites for hydroxylation is 1. The van der Waals surface area contributed by atoms with Gasteiger partial charge >= 0.3 is 5.97 Å². The minimum Gasteiger partial charge on any atom is -0.478 e. The fourth-order valence-electron chi connectivity index (χ4n) is 1.41. The summed E-state index contributed by atoms with van der Waals surface area (Å²) >= 11 is 1.06. The molecule has 0 aliphatic rings. The summed E-state index contributed by atoms with van der Waals surface area (Å²) in [5, 5.41) is 11.6. The van der Waals surface area contributed by atoms with Crippen LogP contribution in [0.15, 0.2) is 24.4 Å². The number of amides is 1. The van der Waals surface area contributed by atoms with E-state index < -0.39 is 11.9 Å². The van der Waals surface area contributed by atoms with Crippen molar-refractivity contribution in [2.45, 2.75) is 6.92 Å². The van der Waals surface area contributed by atoms with Crippen LogP contribution in [0, 0.1) is 6.92 Å². The van der Waals surface area contributed by atoms with E-state index >= 15 is 0 Å². The van der Waals surface area contributed by atoms with Gasteiger partial charge in [-0.15, -0.1) is 0 Å². The van der Waals surface area contributed by atoms with Crippen LogP contribution in [-0.4, -0.2) is 31.3 Å². The summed E-state index contributed by atoms with van der Waals surface area (Å²) < 4.78 is 3.95. The van der Waals surface area contributed by atoms with E-state index in [0.717, 1.165) is 17.6 Å².